The molecular weight excluding hydrogens is 285 g/mol. The molecule has 2 heterocycles. The summed E-state index contributed by atoms with van der Waals surface area (Å²) in [5.74, 6) is -0.667. The third-order valence-electron chi connectivity index (χ3n) is 3.49. The van der Waals surface area contributed by atoms with Gasteiger partial charge in [0, 0.05) is 5.69 Å². The van der Waals surface area contributed by atoms with Crippen molar-refractivity contribution in [2.75, 3.05) is 7.11 Å². The standard InChI is InChI=1S/C16H14FN3O2/c1-9-8-10(2)20-15(13(9)16(21)22-3)18-14(19-20)11-6-4-5-7-12(11)17/h4-8H,1-3H3. The molecule has 1 aromatic carbocycles. The average Bonchev–Trinajstić information content (AvgIpc) is 2.92. The summed E-state index contributed by atoms with van der Waals surface area (Å²) in [5, 5.41) is 4.32. The van der Waals surface area contributed by atoms with E-state index in [0.717, 1.165) is 11.3 Å². The van der Waals surface area contributed by atoms with Crippen molar-refractivity contribution in [1.29, 1.82) is 0 Å². The third-order valence-corrected chi connectivity index (χ3v) is 3.49. The maximum Gasteiger partial charge on any atom is 0.341 e. The third kappa shape index (κ3) is 2.13. The van der Waals surface area contributed by atoms with Gasteiger partial charge >= 0.3 is 5.97 Å². The lowest BCUT2D eigenvalue weighted by molar-refractivity contribution is 0.0601. The molecule has 0 unspecified atom stereocenters. The molecule has 0 saturated heterocycles. The van der Waals surface area contributed by atoms with Gasteiger partial charge in [0.15, 0.2) is 11.5 Å². The maximum atomic E-state index is 13.9. The average molecular weight is 299 g/mol. The number of carbonyl (C=O) groups is 1. The fourth-order valence-electron chi connectivity index (χ4n) is 2.45. The van der Waals surface area contributed by atoms with Crippen molar-refractivity contribution < 1.29 is 13.9 Å². The van der Waals surface area contributed by atoms with Crippen LogP contribution in [0.2, 0.25) is 0 Å². The summed E-state index contributed by atoms with van der Waals surface area (Å²) in [6.45, 7) is 3.65. The molecule has 22 heavy (non-hydrogen) atoms. The topological polar surface area (TPSA) is 56.5 Å². The van der Waals surface area contributed by atoms with Crippen LogP contribution in [0.5, 0.6) is 0 Å². The normalized spacial score (nSPS) is 10.9. The van der Waals surface area contributed by atoms with Gasteiger partial charge in [0.05, 0.1) is 12.7 Å². The highest BCUT2D eigenvalue weighted by molar-refractivity contribution is 5.97. The van der Waals surface area contributed by atoms with E-state index in [2.05, 4.69) is 10.1 Å². The van der Waals surface area contributed by atoms with Crippen LogP contribution in [0.1, 0.15) is 21.6 Å². The summed E-state index contributed by atoms with van der Waals surface area (Å²) in [6, 6.07) is 8.08. The quantitative estimate of drug-likeness (QED) is 0.683. The Morgan fingerprint density at radius 3 is 2.68 bits per heavy atom. The van der Waals surface area contributed by atoms with Crippen LogP contribution in [0.4, 0.5) is 4.39 Å². The summed E-state index contributed by atoms with van der Waals surface area (Å²) in [4.78, 5) is 16.3. The second-order valence-electron chi connectivity index (χ2n) is 4.99. The molecule has 3 aromatic rings. The molecule has 0 spiro atoms. The molecule has 0 bridgehead atoms. The van der Waals surface area contributed by atoms with Crippen LogP contribution in [-0.2, 0) is 4.74 Å². The highest BCUT2D eigenvalue weighted by Crippen LogP contribution is 2.24. The summed E-state index contributed by atoms with van der Waals surface area (Å²) >= 11 is 0. The van der Waals surface area contributed by atoms with E-state index in [1.807, 2.05) is 13.0 Å². The Bertz CT molecular complexity index is 886. The maximum absolute atomic E-state index is 13.9. The number of benzene rings is 1. The van der Waals surface area contributed by atoms with Crippen LogP contribution < -0.4 is 0 Å². The van der Waals surface area contributed by atoms with Gasteiger partial charge in [0.25, 0.3) is 0 Å². The number of methoxy groups -OCH3 is 1. The summed E-state index contributed by atoms with van der Waals surface area (Å²) < 4.78 is 20.3. The second-order valence-corrected chi connectivity index (χ2v) is 4.99. The number of carbonyl (C=O) groups excluding carboxylic acids is 1. The van der Waals surface area contributed by atoms with Crippen LogP contribution in [0.25, 0.3) is 17.0 Å². The van der Waals surface area contributed by atoms with E-state index in [4.69, 9.17) is 4.74 Å². The van der Waals surface area contributed by atoms with Crippen LogP contribution in [0.3, 0.4) is 0 Å². The van der Waals surface area contributed by atoms with E-state index >= 15 is 0 Å². The molecule has 0 amide bonds. The van der Waals surface area contributed by atoms with Crippen molar-refractivity contribution in [2.45, 2.75) is 13.8 Å². The number of hydrogen-bond donors (Lipinski definition) is 0. The summed E-state index contributed by atoms with van der Waals surface area (Å²) in [7, 11) is 1.31. The monoisotopic (exact) mass is 299 g/mol. The zero-order valence-electron chi connectivity index (χ0n) is 12.4. The second kappa shape index (κ2) is 5.22. The number of rotatable bonds is 2. The zero-order valence-corrected chi connectivity index (χ0v) is 12.4. The first-order chi connectivity index (χ1) is 10.5. The zero-order chi connectivity index (χ0) is 15.9. The Morgan fingerprint density at radius 1 is 1.27 bits per heavy atom. The Labute approximate surface area is 126 Å². The molecule has 0 aliphatic rings. The van der Waals surface area contributed by atoms with Crippen LogP contribution >= 0.6 is 0 Å². The Hall–Kier alpha value is -2.76. The van der Waals surface area contributed by atoms with E-state index in [1.54, 1.807) is 25.1 Å². The van der Waals surface area contributed by atoms with Crippen molar-refractivity contribution in [2.24, 2.45) is 0 Å². The van der Waals surface area contributed by atoms with Crippen LogP contribution in [0.15, 0.2) is 30.3 Å². The fraction of sp³-hybridized carbons (Fsp3) is 0.188. The first-order valence-corrected chi connectivity index (χ1v) is 6.73. The smallest absolute Gasteiger partial charge is 0.341 e. The number of hydrogen-bond acceptors (Lipinski definition) is 4. The van der Waals surface area contributed by atoms with E-state index in [1.165, 1.54) is 17.7 Å². The molecule has 0 aliphatic heterocycles. The Balaban J connectivity index is 2.32. The Kier molecular flexibility index (Phi) is 3.36. The summed E-state index contributed by atoms with van der Waals surface area (Å²) in [5.41, 5.74) is 2.53. The number of aryl methyl sites for hydroxylation is 2. The van der Waals surface area contributed by atoms with Crippen LogP contribution in [0, 0.1) is 19.7 Å². The largest absolute Gasteiger partial charge is 0.465 e. The number of halogens is 1. The molecule has 0 radical (unpaired) electrons. The van der Waals surface area contributed by atoms with Crippen LogP contribution in [-0.4, -0.2) is 27.7 Å². The highest BCUT2D eigenvalue weighted by atomic mass is 19.1. The summed E-state index contributed by atoms with van der Waals surface area (Å²) in [6.07, 6.45) is 0. The molecule has 0 atom stereocenters. The minimum atomic E-state index is -0.491. The van der Waals surface area contributed by atoms with Gasteiger partial charge in [0.1, 0.15) is 11.4 Å². The molecule has 0 aliphatic carbocycles. The van der Waals surface area contributed by atoms with Crippen molar-refractivity contribution in [1.82, 2.24) is 14.6 Å². The SMILES string of the molecule is COC(=O)c1c(C)cc(C)n2nc(-c3ccccc3F)nc12. The molecule has 0 saturated carbocycles. The van der Waals surface area contributed by atoms with Gasteiger partial charge in [-0.15, -0.1) is 5.10 Å². The van der Waals surface area contributed by atoms with Gasteiger partial charge in [-0.2, -0.15) is 0 Å². The predicted molar refractivity (Wildman–Crippen MR) is 79.2 cm³/mol. The molecule has 0 N–H and O–H groups in total. The number of nitrogens with zero attached hydrogens (tertiary/aromatic N) is 3. The van der Waals surface area contributed by atoms with E-state index in [-0.39, 0.29) is 5.82 Å². The molecule has 2 aromatic heterocycles. The molecule has 3 rings (SSSR count). The van der Waals surface area contributed by atoms with Gasteiger partial charge in [0.2, 0.25) is 0 Å². The number of fused-ring (bicyclic) bond motifs is 1. The predicted octanol–water partition coefficient (Wildman–Crippen LogP) is 2.94. The first kappa shape index (κ1) is 14.2. The lowest BCUT2D eigenvalue weighted by Gasteiger charge is -2.06. The first-order valence-electron chi connectivity index (χ1n) is 6.73. The lowest BCUT2D eigenvalue weighted by atomic mass is 10.1. The molecule has 6 heteroatoms. The van der Waals surface area contributed by atoms with Gasteiger partial charge in [-0.05, 0) is 37.6 Å². The van der Waals surface area contributed by atoms with Gasteiger partial charge in [-0.25, -0.2) is 18.7 Å². The Morgan fingerprint density at radius 2 is 2.00 bits per heavy atom. The minimum absolute atomic E-state index is 0.233. The fourth-order valence-corrected chi connectivity index (χ4v) is 2.45. The van der Waals surface area contributed by atoms with Crippen molar-refractivity contribution >= 4 is 11.6 Å². The lowest BCUT2D eigenvalue weighted by Crippen LogP contribution is -2.09. The number of pyridine rings is 1. The number of esters is 1. The minimum Gasteiger partial charge on any atom is -0.465 e. The number of ether oxygens (including phenoxy) is 1. The van der Waals surface area contributed by atoms with Gasteiger partial charge in [-0.1, -0.05) is 12.1 Å². The van der Waals surface area contributed by atoms with E-state index in [0.29, 0.717) is 16.8 Å². The van der Waals surface area contributed by atoms with Crippen molar-refractivity contribution in [3.05, 3.63) is 53.0 Å². The number of aromatic nitrogens is 3. The molecular formula is C16H14FN3O2. The molecule has 0 fully saturated rings. The van der Waals surface area contributed by atoms with E-state index in [9.17, 15) is 9.18 Å². The molecule has 112 valence electrons. The highest BCUT2D eigenvalue weighted by Gasteiger charge is 2.20. The van der Waals surface area contributed by atoms with E-state index < -0.39 is 11.8 Å². The molecule has 5 nitrogen and oxygen atoms in total. The van der Waals surface area contributed by atoms with Crippen molar-refractivity contribution in [3.8, 4) is 11.4 Å². The van der Waals surface area contributed by atoms with Crippen molar-refractivity contribution in [3.63, 3.8) is 0 Å². The van der Waals surface area contributed by atoms with Gasteiger partial charge < -0.3 is 4.74 Å². The van der Waals surface area contributed by atoms with Gasteiger partial charge in [-0.3, -0.25) is 0 Å².